The molecule has 3 N–H and O–H groups in total. The first-order valence-corrected chi connectivity index (χ1v) is 10.0. The van der Waals surface area contributed by atoms with Gasteiger partial charge in [-0.25, -0.2) is 0 Å². The molecule has 1 aliphatic heterocycles. The van der Waals surface area contributed by atoms with Crippen molar-refractivity contribution in [3.05, 3.63) is 12.2 Å². The molecule has 148 valence electrons. The van der Waals surface area contributed by atoms with Gasteiger partial charge in [-0.3, -0.25) is 0 Å². The SMILES string of the molecule is CCCCCCCCCCC/C=C/COC[C@@H]1OC[C@@H](O)[C@H](O)[C@H]1O. The molecule has 0 aliphatic carbocycles. The van der Waals surface area contributed by atoms with E-state index in [0.29, 0.717) is 6.61 Å². The molecule has 5 heteroatoms. The van der Waals surface area contributed by atoms with E-state index in [1.807, 2.05) is 6.08 Å². The summed E-state index contributed by atoms with van der Waals surface area (Å²) in [5.41, 5.74) is 0. The Morgan fingerprint density at radius 3 is 2.20 bits per heavy atom. The third-order valence-corrected chi connectivity index (χ3v) is 4.74. The fraction of sp³-hybridized carbons (Fsp3) is 0.900. The van der Waals surface area contributed by atoms with Crippen LogP contribution >= 0.6 is 0 Å². The van der Waals surface area contributed by atoms with Gasteiger partial charge in [0.2, 0.25) is 0 Å². The first kappa shape index (κ1) is 22.6. The monoisotopic (exact) mass is 358 g/mol. The summed E-state index contributed by atoms with van der Waals surface area (Å²) in [6.45, 7) is 2.97. The maximum absolute atomic E-state index is 9.78. The van der Waals surface area contributed by atoms with Crippen LogP contribution < -0.4 is 0 Å². The molecular formula is C20H38O5. The van der Waals surface area contributed by atoms with E-state index in [1.54, 1.807) is 0 Å². The molecule has 0 aromatic carbocycles. The van der Waals surface area contributed by atoms with Crippen LogP contribution in [0.2, 0.25) is 0 Å². The topological polar surface area (TPSA) is 79.2 Å². The van der Waals surface area contributed by atoms with Gasteiger partial charge in [0, 0.05) is 0 Å². The normalized spacial score (nSPS) is 27.2. The molecular weight excluding hydrogens is 320 g/mol. The number of rotatable bonds is 14. The molecule has 0 spiro atoms. The lowest BCUT2D eigenvalue weighted by Crippen LogP contribution is -2.54. The Morgan fingerprint density at radius 2 is 1.52 bits per heavy atom. The summed E-state index contributed by atoms with van der Waals surface area (Å²) >= 11 is 0. The summed E-state index contributed by atoms with van der Waals surface area (Å²) in [5.74, 6) is 0. The standard InChI is InChI=1S/C20H38O5/c1-2-3-4-5-6-7-8-9-10-11-12-13-14-24-16-18-20(23)19(22)17(21)15-25-18/h12-13,17-23H,2-11,14-16H2,1H3/b13-12+/t17-,18+,19+,20+/m1/s1. The zero-order valence-electron chi connectivity index (χ0n) is 15.8. The van der Waals surface area contributed by atoms with Gasteiger partial charge in [0.15, 0.2) is 0 Å². The lowest BCUT2D eigenvalue weighted by atomic mass is 10.0. The summed E-state index contributed by atoms with van der Waals surface area (Å²) in [6.07, 6.45) is 13.4. The molecule has 0 bridgehead atoms. The summed E-state index contributed by atoms with van der Waals surface area (Å²) in [5, 5.41) is 28.7. The Labute approximate surface area is 153 Å². The second kappa shape index (κ2) is 14.7. The predicted molar refractivity (Wildman–Crippen MR) is 99.6 cm³/mol. The number of hydrogen-bond acceptors (Lipinski definition) is 5. The lowest BCUT2D eigenvalue weighted by Gasteiger charge is -2.34. The molecule has 1 rings (SSSR count). The zero-order valence-corrected chi connectivity index (χ0v) is 15.8. The van der Waals surface area contributed by atoms with Gasteiger partial charge in [-0.15, -0.1) is 0 Å². The Morgan fingerprint density at radius 1 is 0.880 bits per heavy atom. The lowest BCUT2D eigenvalue weighted by molar-refractivity contribution is -0.198. The largest absolute Gasteiger partial charge is 0.388 e. The third-order valence-electron chi connectivity index (χ3n) is 4.74. The Bertz CT molecular complexity index is 334. The van der Waals surface area contributed by atoms with Crippen molar-refractivity contribution < 1.29 is 24.8 Å². The molecule has 25 heavy (non-hydrogen) atoms. The molecule has 0 saturated carbocycles. The number of allylic oxidation sites excluding steroid dienone is 1. The molecule has 0 aromatic heterocycles. The molecule has 4 atom stereocenters. The first-order valence-electron chi connectivity index (χ1n) is 10.0. The van der Waals surface area contributed by atoms with Crippen LogP contribution in [-0.4, -0.2) is 59.6 Å². The zero-order chi connectivity index (χ0) is 18.3. The highest BCUT2D eigenvalue weighted by Crippen LogP contribution is 2.16. The molecule has 0 unspecified atom stereocenters. The molecule has 5 nitrogen and oxygen atoms in total. The number of hydrogen-bond donors (Lipinski definition) is 3. The minimum absolute atomic E-state index is 0.0285. The van der Waals surface area contributed by atoms with Crippen LogP contribution in [0.4, 0.5) is 0 Å². The smallest absolute Gasteiger partial charge is 0.111 e. The van der Waals surface area contributed by atoms with Crippen molar-refractivity contribution >= 4 is 0 Å². The van der Waals surface area contributed by atoms with Crippen molar-refractivity contribution in [3.63, 3.8) is 0 Å². The van der Waals surface area contributed by atoms with E-state index in [2.05, 4.69) is 13.0 Å². The molecule has 1 heterocycles. The van der Waals surface area contributed by atoms with E-state index in [-0.39, 0.29) is 13.2 Å². The average Bonchev–Trinajstić information content (AvgIpc) is 2.61. The van der Waals surface area contributed by atoms with E-state index in [4.69, 9.17) is 9.47 Å². The summed E-state index contributed by atoms with van der Waals surface area (Å²) < 4.78 is 10.7. The Kier molecular flexibility index (Phi) is 13.3. The maximum atomic E-state index is 9.78. The predicted octanol–water partition coefficient (Wildman–Crippen LogP) is 2.96. The molecule has 0 aromatic rings. The van der Waals surface area contributed by atoms with Gasteiger partial charge in [-0.2, -0.15) is 0 Å². The van der Waals surface area contributed by atoms with Crippen LogP contribution in [0.3, 0.4) is 0 Å². The number of unbranched alkanes of at least 4 members (excludes halogenated alkanes) is 9. The third kappa shape index (κ3) is 10.3. The van der Waals surface area contributed by atoms with Gasteiger partial charge in [0.05, 0.1) is 19.8 Å². The van der Waals surface area contributed by atoms with E-state index in [9.17, 15) is 15.3 Å². The summed E-state index contributed by atoms with van der Waals surface area (Å²) in [6, 6.07) is 0. The number of ether oxygens (including phenoxy) is 2. The molecule has 1 aliphatic rings. The number of aliphatic hydroxyl groups is 3. The van der Waals surface area contributed by atoms with Gasteiger partial charge >= 0.3 is 0 Å². The second-order valence-electron chi connectivity index (χ2n) is 7.05. The van der Waals surface area contributed by atoms with Crippen LogP contribution in [0, 0.1) is 0 Å². The Balaban J connectivity index is 1.89. The van der Waals surface area contributed by atoms with Gasteiger partial charge in [-0.1, -0.05) is 70.4 Å². The minimum atomic E-state index is -1.16. The summed E-state index contributed by atoms with van der Waals surface area (Å²) in [7, 11) is 0. The highest BCUT2D eigenvalue weighted by Gasteiger charge is 2.37. The van der Waals surface area contributed by atoms with Gasteiger partial charge < -0.3 is 24.8 Å². The van der Waals surface area contributed by atoms with E-state index >= 15 is 0 Å². The Hall–Kier alpha value is -0.460. The average molecular weight is 359 g/mol. The van der Waals surface area contributed by atoms with Crippen molar-refractivity contribution in [1.82, 2.24) is 0 Å². The van der Waals surface area contributed by atoms with Crippen molar-refractivity contribution in [2.45, 2.75) is 95.5 Å². The highest BCUT2D eigenvalue weighted by molar-refractivity contribution is 4.87. The quantitative estimate of drug-likeness (QED) is 0.329. The van der Waals surface area contributed by atoms with Crippen molar-refractivity contribution in [2.24, 2.45) is 0 Å². The maximum Gasteiger partial charge on any atom is 0.111 e. The van der Waals surface area contributed by atoms with Crippen LogP contribution in [-0.2, 0) is 9.47 Å². The molecule has 0 radical (unpaired) electrons. The van der Waals surface area contributed by atoms with Crippen LogP contribution in [0.25, 0.3) is 0 Å². The summed E-state index contributed by atoms with van der Waals surface area (Å²) in [4.78, 5) is 0. The fourth-order valence-electron chi connectivity index (χ4n) is 3.02. The van der Waals surface area contributed by atoms with Crippen molar-refractivity contribution in [3.8, 4) is 0 Å². The fourth-order valence-corrected chi connectivity index (χ4v) is 3.02. The first-order chi connectivity index (χ1) is 12.2. The second-order valence-corrected chi connectivity index (χ2v) is 7.05. The molecule has 1 fully saturated rings. The molecule has 1 saturated heterocycles. The van der Waals surface area contributed by atoms with Crippen molar-refractivity contribution in [1.29, 1.82) is 0 Å². The van der Waals surface area contributed by atoms with Crippen LogP contribution in [0.5, 0.6) is 0 Å². The van der Waals surface area contributed by atoms with Gasteiger partial charge in [0.25, 0.3) is 0 Å². The van der Waals surface area contributed by atoms with Gasteiger partial charge in [0.1, 0.15) is 24.4 Å². The number of aliphatic hydroxyl groups excluding tert-OH is 3. The molecule has 0 amide bonds. The van der Waals surface area contributed by atoms with E-state index in [0.717, 1.165) is 6.42 Å². The highest BCUT2D eigenvalue weighted by atomic mass is 16.6. The van der Waals surface area contributed by atoms with E-state index in [1.165, 1.54) is 57.8 Å². The van der Waals surface area contributed by atoms with E-state index < -0.39 is 24.4 Å². The van der Waals surface area contributed by atoms with Crippen LogP contribution in [0.15, 0.2) is 12.2 Å². The van der Waals surface area contributed by atoms with Crippen LogP contribution in [0.1, 0.15) is 71.1 Å². The van der Waals surface area contributed by atoms with Crippen molar-refractivity contribution in [2.75, 3.05) is 19.8 Å². The minimum Gasteiger partial charge on any atom is -0.388 e. The van der Waals surface area contributed by atoms with Gasteiger partial charge in [-0.05, 0) is 12.8 Å².